The van der Waals surface area contributed by atoms with Crippen molar-refractivity contribution < 1.29 is 29.9 Å². The molecule has 4 N–H and O–H groups in total. The van der Waals surface area contributed by atoms with E-state index >= 15 is 0 Å². The quantitative estimate of drug-likeness (QED) is 0.441. The van der Waals surface area contributed by atoms with Gasteiger partial charge in [0.1, 0.15) is 31.7 Å². The maximum absolute atomic E-state index is 9.75. The molecule has 16 heavy (non-hydrogen) atoms. The van der Waals surface area contributed by atoms with Crippen LogP contribution in [0.15, 0.2) is 0 Å². The first kappa shape index (κ1) is 15.8. The monoisotopic (exact) mass is 237 g/mol. The van der Waals surface area contributed by atoms with Gasteiger partial charge in [0.15, 0.2) is 0 Å². The molecule has 3 atom stereocenters. The summed E-state index contributed by atoms with van der Waals surface area (Å²) in [5.74, 6) is 0. The van der Waals surface area contributed by atoms with Gasteiger partial charge < -0.3 is 29.9 Å². The summed E-state index contributed by atoms with van der Waals surface area (Å²) >= 11 is 0. The van der Waals surface area contributed by atoms with Crippen molar-refractivity contribution in [1.29, 1.82) is 0 Å². The predicted molar refractivity (Wildman–Crippen MR) is 55.9 cm³/mol. The van der Waals surface area contributed by atoms with Crippen molar-refractivity contribution in [2.75, 3.05) is 13.4 Å². The molecule has 0 aliphatic heterocycles. The number of aliphatic hydroxyl groups excluding tert-OH is 4. The van der Waals surface area contributed by atoms with Crippen LogP contribution in [0.5, 0.6) is 0 Å². The van der Waals surface area contributed by atoms with Crippen molar-refractivity contribution >= 4 is 0 Å². The van der Waals surface area contributed by atoms with Crippen LogP contribution in [0.3, 0.4) is 0 Å². The van der Waals surface area contributed by atoms with Gasteiger partial charge in [0, 0.05) is 0 Å². The number of rotatable bonds is 7. The van der Waals surface area contributed by atoms with Gasteiger partial charge in [0.25, 0.3) is 0 Å². The molecule has 0 amide bonds. The molecular weight excluding hydrogens is 216 g/mol. The van der Waals surface area contributed by atoms with Gasteiger partial charge in [-0.1, -0.05) is 0 Å². The Hall–Kier alpha value is -0.240. The maximum atomic E-state index is 9.75. The Balaban J connectivity index is 4.43. The molecule has 0 aliphatic rings. The van der Waals surface area contributed by atoms with Gasteiger partial charge in [-0.15, -0.1) is 0 Å². The van der Waals surface area contributed by atoms with E-state index < -0.39 is 37.3 Å². The van der Waals surface area contributed by atoms with Crippen molar-refractivity contribution in [3.05, 3.63) is 6.61 Å². The standard InChI is InChI=1S/C10H21O6/c1-10(2,3)16-8(5-12)9(14)7(4-11)15-6-13/h5,7-9,11-14H,4,6H2,1-3H3/t7?,8-,9-/m0/s1. The lowest BCUT2D eigenvalue weighted by molar-refractivity contribution is -0.174. The van der Waals surface area contributed by atoms with Gasteiger partial charge in [-0.05, 0) is 20.8 Å². The van der Waals surface area contributed by atoms with E-state index in [1.165, 1.54) is 0 Å². The highest BCUT2D eigenvalue weighted by Crippen LogP contribution is 2.17. The van der Waals surface area contributed by atoms with Crippen molar-refractivity contribution in [2.45, 2.75) is 44.7 Å². The summed E-state index contributed by atoms with van der Waals surface area (Å²) in [7, 11) is 0. The Labute approximate surface area is 95.4 Å². The smallest absolute Gasteiger partial charge is 0.144 e. The van der Waals surface area contributed by atoms with Crippen LogP contribution >= 0.6 is 0 Å². The summed E-state index contributed by atoms with van der Waals surface area (Å²) in [4.78, 5) is 0. The van der Waals surface area contributed by atoms with E-state index in [4.69, 9.17) is 24.8 Å². The molecular formula is C10H21O6. The van der Waals surface area contributed by atoms with Gasteiger partial charge in [-0.25, -0.2) is 0 Å². The van der Waals surface area contributed by atoms with Crippen molar-refractivity contribution in [3.63, 3.8) is 0 Å². The van der Waals surface area contributed by atoms with E-state index in [9.17, 15) is 5.11 Å². The van der Waals surface area contributed by atoms with E-state index in [1.807, 2.05) is 0 Å². The van der Waals surface area contributed by atoms with E-state index in [2.05, 4.69) is 0 Å². The Morgan fingerprint density at radius 2 is 1.81 bits per heavy atom. The number of hydrogen-bond acceptors (Lipinski definition) is 6. The molecule has 1 radical (unpaired) electrons. The third-order valence-electron chi connectivity index (χ3n) is 1.82. The van der Waals surface area contributed by atoms with Crippen LogP contribution in [-0.2, 0) is 9.47 Å². The highest BCUT2D eigenvalue weighted by molar-refractivity contribution is 4.84. The Bertz CT molecular complexity index is 179. The second-order valence-electron chi connectivity index (χ2n) is 4.35. The van der Waals surface area contributed by atoms with Crippen LogP contribution in [0.25, 0.3) is 0 Å². The first-order valence-corrected chi connectivity index (χ1v) is 5.02. The minimum absolute atomic E-state index is 0.487. The molecule has 0 fully saturated rings. The average molecular weight is 237 g/mol. The first-order valence-electron chi connectivity index (χ1n) is 5.02. The van der Waals surface area contributed by atoms with Crippen molar-refractivity contribution in [3.8, 4) is 0 Å². The predicted octanol–water partition coefficient (Wildman–Crippen LogP) is -0.607. The van der Waals surface area contributed by atoms with Crippen LogP contribution < -0.4 is 0 Å². The molecule has 0 spiro atoms. The molecule has 97 valence electrons. The molecule has 0 heterocycles. The zero-order valence-electron chi connectivity index (χ0n) is 9.83. The van der Waals surface area contributed by atoms with Gasteiger partial charge >= 0.3 is 0 Å². The van der Waals surface area contributed by atoms with Crippen molar-refractivity contribution in [2.24, 2.45) is 0 Å². The van der Waals surface area contributed by atoms with Gasteiger partial charge in [-0.3, -0.25) is 0 Å². The molecule has 0 aromatic rings. The summed E-state index contributed by atoms with van der Waals surface area (Å²) in [6.07, 6.45) is -3.27. The lowest BCUT2D eigenvalue weighted by atomic mass is 10.1. The molecule has 0 aromatic heterocycles. The summed E-state index contributed by atoms with van der Waals surface area (Å²) in [5.41, 5.74) is -0.565. The summed E-state index contributed by atoms with van der Waals surface area (Å²) < 4.78 is 10.0. The van der Waals surface area contributed by atoms with E-state index in [0.717, 1.165) is 0 Å². The fourth-order valence-corrected chi connectivity index (χ4v) is 1.16. The number of hydrogen-bond donors (Lipinski definition) is 4. The van der Waals surface area contributed by atoms with Crippen LogP contribution in [-0.4, -0.2) is 57.7 Å². The molecule has 0 rings (SSSR count). The van der Waals surface area contributed by atoms with Crippen LogP contribution in [0.2, 0.25) is 0 Å². The van der Waals surface area contributed by atoms with Gasteiger partial charge in [0.05, 0.1) is 12.2 Å². The fraction of sp³-hybridized carbons (Fsp3) is 0.900. The highest BCUT2D eigenvalue weighted by Gasteiger charge is 2.31. The summed E-state index contributed by atoms with van der Waals surface area (Å²) in [6.45, 7) is 4.86. The average Bonchev–Trinajstić information content (AvgIpc) is 2.20. The first-order chi connectivity index (χ1) is 7.35. The SMILES string of the molecule is CC(C)(C)O[C@@H]([CH]O)[C@@H](O)C(CO)OCO. The zero-order chi connectivity index (χ0) is 12.8. The molecule has 0 aliphatic carbocycles. The van der Waals surface area contributed by atoms with Crippen molar-refractivity contribution in [1.82, 2.24) is 0 Å². The molecule has 0 saturated carbocycles. The topological polar surface area (TPSA) is 99.4 Å². The van der Waals surface area contributed by atoms with Gasteiger partial charge in [-0.2, -0.15) is 0 Å². The minimum Gasteiger partial charge on any atom is -0.394 e. The zero-order valence-corrected chi connectivity index (χ0v) is 9.83. The Morgan fingerprint density at radius 3 is 2.12 bits per heavy atom. The third-order valence-corrected chi connectivity index (χ3v) is 1.82. The fourth-order valence-electron chi connectivity index (χ4n) is 1.16. The highest BCUT2D eigenvalue weighted by atomic mass is 16.6. The second-order valence-corrected chi connectivity index (χ2v) is 4.35. The normalized spacial score (nSPS) is 18.2. The number of aliphatic hydroxyl groups is 4. The summed E-state index contributed by atoms with van der Waals surface area (Å²) in [5, 5.41) is 36.2. The molecule has 6 nitrogen and oxygen atoms in total. The number of ether oxygens (including phenoxy) is 2. The van der Waals surface area contributed by atoms with Crippen LogP contribution in [0, 0.1) is 6.61 Å². The Kier molecular flexibility index (Phi) is 7.05. The van der Waals surface area contributed by atoms with Crippen LogP contribution in [0.4, 0.5) is 0 Å². The lowest BCUT2D eigenvalue weighted by Crippen LogP contribution is -2.45. The molecule has 6 heteroatoms. The maximum Gasteiger partial charge on any atom is 0.144 e. The molecule has 0 aromatic carbocycles. The summed E-state index contributed by atoms with van der Waals surface area (Å²) in [6, 6.07) is 0. The second kappa shape index (κ2) is 7.16. The largest absolute Gasteiger partial charge is 0.394 e. The Morgan fingerprint density at radius 1 is 1.25 bits per heavy atom. The minimum atomic E-state index is -1.26. The van der Waals surface area contributed by atoms with E-state index in [1.54, 1.807) is 20.8 Å². The lowest BCUT2D eigenvalue weighted by Gasteiger charge is -2.32. The molecule has 0 saturated heterocycles. The van der Waals surface area contributed by atoms with E-state index in [-0.39, 0.29) is 0 Å². The third kappa shape index (κ3) is 5.74. The van der Waals surface area contributed by atoms with E-state index in [0.29, 0.717) is 6.61 Å². The molecule has 0 bridgehead atoms. The molecule has 1 unspecified atom stereocenters. The van der Waals surface area contributed by atoms with Crippen LogP contribution in [0.1, 0.15) is 20.8 Å². The van der Waals surface area contributed by atoms with Gasteiger partial charge in [0.2, 0.25) is 0 Å².